The molecule has 2 aromatic rings. The van der Waals surface area contributed by atoms with Gasteiger partial charge in [0.2, 0.25) is 0 Å². The van der Waals surface area contributed by atoms with Gasteiger partial charge in [0.05, 0.1) is 12.0 Å². The number of aromatic nitrogens is 1. The van der Waals surface area contributed by atoms with Crippen molar-refractivity contribution >= 4 is 12.0 Å². The van der Waals surface area contributed by atoms with Gasteiger partial charge in [0.25, 0.3) is 0 Å². The molecule has 0 amide bonds. The van der Waals surface area contributed by atoms with Gasteiger partial charge in [-0.3, -0.25) is 9.98 Å². The van der Waals surface area contributed by atoms with E-state index in [2.05, 4.69) is 21.4 Å². The van der Waals surface area contributed by atoms with Crippen LogP contribution in [-0.2, 0) is 0 Å². The molecule has 0 atom stereocenters. The van der Waals surface area contributed by atoms with Gasteiger partial charge in [-0.2, -0.15) is 0 Å². The second-order valence-corrected chi connectivity index (χ2v) is 4.31. The zero-order valence-electron chi connectivity index (χ0n) is 10.7. The van der Waals surface area contributed by atoms with E-state index in [1.54, 1.807) is 12.5 Å². The van der Waals surface area contributed by atoms with Crippen LogP contribution < -0.4 is 5.32 Å². The molecule has 1 aromatic heterocycles. The summed E-state index contributed by atoms with van der Waals surface area (Å²) in [6, 6.07) is 14.3. The van der Waals surface area contributed by atoms with Crippen LogP contribution in [0.5, 0.6) is 0 Å². The summed E-state index contributed by atoms with van der Waals surface area (Å²) < 4.78 is 0. The number of nitrogens with zero attached hydrogens (tertiary/aromatic N) is 2. The number of rotatable bonds is 4. The van der Waals surface area contributed by atoms with E-state index in [4.69, 9.17) is 0 Å². The summed E-state index contributed by atoms with van der Waals surface area (Å²) in [4.78, 5) is 8.61. The van der Waals surface area contributed by atoms with Gasteiger partial charge in [-0.1, -0.05) is 18.2 Å². The molecule has 0 aliphatic heterocycles. The van der Waals surface area contributed by atoms with Gasteiger partial charge in [-0.15, -0.1) is 0 Å². The van der Waals surface area contributed by atoms with Gasteiger partial charge < -0.3 is 5.32 Å². The molecular weight excluding hydrogens is 222 g/mol. The third-order valence-electron chi connectivity index (χ3n) is 2.43. The van der Waals surface area contributed by atoms with Crippen molar-refractivity contribution in [2.45, 2.75) is 19.9 Å². The fourth-order valence-electron chi connectivity index (χ4n) is 1.56. The summed E-state index contributed by atoms with van der Waals surface area (Å²) in [7, 11) is 0. The molecule has 1 N–H and O–H groups in total. The van der Waals surface area contributed by atoms with Gasteiger partial charge in [0, 0.05) is 23.5 Å². The maximum Gasteiger partial charge on any atom is 0.0871 e. The molecule has 3 heteroatoms. The van der Waals surface area contributed by atoms with E-state index < -0.39 is 0 Å². The second kappa shape index (κ2) is 5.96. The van der Waals surface area contributed by atoms with Crippen molar-refractivity contribution in [3.63, 3.8) is 0 Å². The first-order valence-electron chi connectivity index (χ1n) is 6.05. The van der Waals surface area contributed by atoms with Crippen LogP contribution in [0.15, 0.2) is 53.7 Å². The molecule has 0 bridgehead atoms. The first-order chi connectivity index (χ1) is 8.75. The standard InChI is InChI=1S/C15H17N3/c1-12(2)17-11-18-14-7-5-6-13(10-14)15-8-3-4-9-16-15/h3-12H,1-2H3,(H,17,18). The van der Waals surface area contributed by atoms with E-state index in [1.807, 2.05) is 50.2 Å². The lowest BCUT2D eigenvalue weighted by Gasteiger charge is -2.04. The summed E-state index contributed by atoms with van der Waals surface area (Å²) >= 11 is 0. The van der Waals surface area contributed by atoms with Crippen molar-refractivity contribution in [1.29, 1.82) is 0 Å². The molecule has 0 spiro atoms. The van der Waals surface area contributed by atoms with E-state index in [0.29, 0.717) is 6.04 Å². The lowest BCUT2D eigenvalue weighted by atomic mass is 10.1. The van der Waals surface area contributed by atoms with Crippen LogP contribution in [0.25, 0.3) is 11.3 Å². The molecule has 0 aliphatic carbocycles. The smallest absolute Gasteiger partial charge is 0.0871 e. The quantitative estimate of drug-likeness (QED) is 0.654. The molecule has 0 saturated heterocycles. The lowest BCUT2D eigenvalue weighted by molar-refractivity contribution is 0.840. The average molecular weight is 239 g/mol. The van der Waals surface area contributed by atoms with Crippen molar-refractivity contribution in [1.82, 2.24) is 4.98 Å². The highest BCUT2D eigenvalue weighted by atomic mass is 14.9. The molecule has 0 fully saturated rings. The Kier molecular flexibility index (Phi) is 4.07. The SMILES string of the molecule is CC(C)N=CNc1cccc(-c2ccccn2)c1. The van der Waals surface area contributed by atoms with Gasteiger partial charge >= 0.3 is 0 Å². The predicted molar refractivity (Wildman–Crippen MR) is 76.9 cm³/mol. The minimum Gasteiger partial charge on any atom is -0.347 e. The molecule has 2 rings (SSSR count). The Morgan fingerprint density at radius 3 is 2.78 bits per heavy atom. The molecule has 92 valence electrons. The molecule has 0 radical (unpaired) electrons. The van der Waals surface area contributed by atoms with Crippen LogP contribution in [0.1, 0.15) is 13.8 Å². The Labute approximate surface area is 108 Å². The second-order valence-electron chi connectivity index (χ2n) is 4.31. The lowest BCUT2D eigenvalue weighted by Crippen LogP contribution is -1.98. The summed E-state index contributed by atoms with van der Waals surface area (Å²) in [5, 5.41) is 3.17. The number of nitrogens with one attached hydrogen (secondary N) is 1. The Morgan fingerprint density at radius 1 is 1.17 bits per heavy atom. The molecular formula is C15H17N3. The molecule has 0 unspecified atom stereocenters. The average Bonchev–Trinajstić information content (AvgIpc) is 2.40. The third-order valence-corrected chi connectivity index (χ3v) is 2.43. The van der Waals surface area contributed by atoms with Crippen molar-refractivity contribution in [2.24, 2.45) is 4.99 Å². The van der Waals surface area contributed by atoms with Crippen LogP contribution in [0, 0.1) is 0 Å². The molecule has 1 aromatic carbocycles. The fourth-order valence-corrected chi connectivity index (χ4v) is 1.56. The van der Waals surface area contributed by atoms with Crippen molar-refractivity contribution in [2.75, 3.05) is 5.32 Å². The monoisotopic (exact) mass is 239 g/mol. The van der Waals surface area contributed by atoms with E-state index in [1.165, 1.54) is 0 Å². The minimum absolute atomic E-state index is 0.302. The number of anilines is 1. The van der Waals surface area contributed by atoms with Crippen molar-refractivity contribution in [3.8, 4) is 11.3 Å². The van der Waals surface area contributed by atoms with Crippen LogP contribution in [0.2, 0.25) is 0 Å². The molecule has 1 heterocycles. The normalized spacial score (nSPS) is 11.1. The maximum absolute atomic E-state index is 4.34. The Morgan fingerprint density at radius 2 is 2.06 bits per heavy atom. The first-order valence-corrected chi connectivity index (χ1v) is 6.05. The van der Waals surface area contributed by atoms with Gasteiger partial charge in [-0.05, 0) is 38.1 Å². The molecule has 0 aliphatic rings. The van der Waals surface area contributed by atoms with E-state index in [9.17, 15) is 0 Å². The third kappa shape index (κ3) is 3.42. The number of benzene rings is 1. The van der Waals surface area contributed by atoms with Gasteiger partial charge in [0.15, 0.2) is 0 Å². The summed E-state index contributed by atoms with van der Waals surface area (Å²) in [5.74, 6) is 0. The maximum atomic E-state index is 4.34. The highest BCUT2D eigenvalue weighted by Crippen LogP contribution is 2.19. The highest BCUT2D eigenvalue weighted by Gasteiger charge is 1.98. The summed E-state index contributed by atoms with van der Waals surface area (Å²) in [6.07, 6.45) is 3.54. The zero-order chi connectivity index (χ0) is 12.8. The molecule has 18 heavy (non-hydrogen) atoms. The predicted octanol–water partition coefficient (Wildman–Crippen LogP) is 3.60. The molecule has 3 nitrogen and oxygen atoms in total. The van der Waals surface area contributed by atoms with Crippen LogP contribution in [-0.4, -0.2) is 17.4 Å². The first kappa shape index (κ1) is 12.3. The molecule has 0 saturated carbocycles. The van der Waals surface area contributed by atoms with E-state index >= 15 is 0 Å². The highest BCUT2D eigenvalue weighted by molar-refractivity contribution is 5.78. The number of pyridine rings is 1. The minimum atomic E-state index is 0.302. The Balaban J connectivity index is 2.16. The van der Waals surface area contributed by atoms with Gasteiger partial charge in [0.1, 0.15) is 0 Å². The van der Waals surface area contributed by atoms with Crippen molar-refractivity contribution in [3.05, 3.63) is 48.7 Å². The van der Waals surface area contributed by atoms with Crippen molar-refractivity contribution < 1.29 is 0 Å². The number of hydrogen-bond acceptors (Lipinski definition) is 2. The van der Waals surface area contributed by atoms with E-state index in [-0.39, 0.29) is 0 Å². The fraction of sp³-hybridized carbons (Fsp3) is 0.200. The topological polar surface area (TPSA) is 37.3 Å². The van der Waals surface area contributed by atoms with Crippen LogP contribution in [0.3, 0.4) is 0 Å². The number of hydrogen-bond donors (Lipinski definition) is 1. The largest absolute Gasteiger partial charge is 0.347 e. The van der Waals surface area contributed by atoms with Crippen LogP contribution in [0.4, 0.5) is 5.69 Å². The summed E-state index contributed by atoms with van der Waals surface area (Å²) in [6.45, 7) is 4.09. The zero-order valence-corrected chi connectivity index (χ0v) is 10.7. The summed E-state index contributed by atoms with van der Waals surface area (Å²) in [5.41, 5.74) is 3.09. The number of aliphatic imine (C=N–C) groups is 1. The van der Waals surface area contributed by atoms with E-state index in [0.717, 1.165) is 16.9 Å². The van der Waals surface area contributed by atoms with Crippen LogP contribution >= 0.6 is 0 Å². The Hall–Kier alpha value is -2.16. The van der Waals surface area contributed by atoms with Gasteiger partial charge in [-0.25, -0.2) is 0 Å². The Bertz CT molecular complexity index is 518.